The number of benzene rings is 1. The molecular weight excluding hydrogens is 596 g/mol. The van der Waals surface area contributed by atoms with Gasteiger partial charge in [-0.15, -0.1) is 0 Å². The summed E-state index contributed by atoms with van der Waals surface area (Å²) in [7, 11) is 1.82. The molecule has 4 N–H and O–H groups in total. The molecule has 47 heavy (non-hydrogen) atoms. The average molecular weight is 653 g/mol. The second-order valence-corrected chi connectivity index (χ2v) is 15.4. The van der Waals surface area contributed by atoms with E-state index in [1.54, 1.807) is 12.1 Å². The predicted molar refractivity (Wildman–Crippen MR) is 180 cm³/mol. The topological polar surface area (TPSA) is 124 Å². The highest BCUT2D eigenvalue weighted by Gasteiger charge is 2.55. The molecular formula is C37H56N4O6. The molecule has 260 valence electrons. The van der Waals surface area contributed by atoms with Crippen LogP contribution in [0, 0.1) is 23.2 Å². The van der Waals surface area contributed by atoms with E-state index in [1.165, 1.54) is 31.9 Å². The number of nitrogens with zero attached hydrogens (tertiary/aromatic N) is 4. The lowest BCUT2D eigenvalue weighted by Gasteiger charge is -2.60. The van der Waals surface area contributed by atoms with Crippen LogP contribution in [0.5, 0.6) is 0 Å². The van der Waals surface area contributed by atoms with Gasteiger partial charge in [0.15, 0.2) is 0 Å². The number of furan rings is 1. The summed E-state index contributed by atoms with van der Waals surface area (Å²) in [6.45, 7) is 8.89. The fraction of sp³-hybridized carbons (Fsp3) is 0.703. The fourth-order valence-corrected chi connectivity index (χ4v) is 9.45. The van der Waals surface area contributed by atoms with Crippen LogP contribution in [0.4, 0.5) is 5.69 Å². The lowest BCUT2D eigenvalue weighted by Crippen LogP contribution is -2.57. The molecule has 5 aliphatic rings. The number of anilines is 1. The molecule has 3 aliphatic carbocycles. The maximum Gasteiger partial charge on any atom is 0.250 e. The molecule has 0 radical (unpaired) electrons. The molecule has 3 heterocycles. The van der Waals surface area contributed by atoms with E-state index >= 15 is 0 Å². The minimum absolute atomic E-state index is 0.197. The first-order valence-electron chi connectivity index (χ1n) is 17.8. The Morgan fingerprint density at radius 2 is 1.74 bits per heavy atom. The normalized spacial score (nSPS) is 28.0. The van der Waals surface area contributed by atoms with Gasteiger partial charge in [0.1, 0.15) is 29.6 Å². The van der Waals surface area contributed by atoms with Gasteiger partial charge in [-0.3, -0.25) is 9.69 Å². The van der Waals surface area contributed by atoms with Crippen LogP contribution in [0.3, 0.4) is 0 Å². The number of aliphatic hydroxyl groups excluding tert-OH is 4. The van der Waals surface area contributed by atoms with Crippen LogP contribution >= 0.6 is 0 Å². The summed E-state index contributed by atoms with van der Waals surface area (Å²) in [6, 6.07) is 13.0. The summed E-state index contributed by atoms with van der Waals surface area (Å²) < 4.78 is 5.58. The van der Waals surface area contributed by atoms with Crippen molar-refractivity contribution in [3.63, 3.8) is 0 Å². The molecule has 7 rings (SSSR count). The van der Waals surface area contributed by atoms with Gasteiger partial charge < -0.3 is 39.5 Å². The van der Waals surface area contributed by atoms with Crippen molar-refractivity contribution < 1.29 is 29.6 Å². The van der Waals surface area contributed by atoms with Crippen molar-refractivity contribution in [2.45, 2.75) is 88.7 Å². The predicted octanol–water partition coefficient (Wildman–Crippen LogP) is 3.32. The zero-order chi connectivity index (χ0) is 33.3. The number of carbonyl (C=O) groups is 1. The Kier molecular flexibility index (Phi) is 10.4. The molecule has 5 fully saturated rings. The van der Waals surface area contributed by atoms with Crippen LogP contribution in [0.15, 0.2) is 53.1 Å². The van der Waals surface area contributed by atoms with E-state index < -0.39 is 36.5 Å². The average Bonchev–Trinajstić information content (AvgIpc) is 3.71. The number of likely N-dealkylation sites (N-methyl/N-ethyl adjacent to an activating group) is 1. The minimum Gasteiger partial charge on any atom is -0.468 e. The Balaban J connectivity index is 1.08. The minimum atomic E-state index is -1.55. The van der Waals surface area contributed by atoms with Crippen LogP contribution in [0.1, 0.15) is 70.6 Å². The van der Waals surface area contributed by atoms with E-state index in [-0.39, 0.29) is 5.91 Å². The van der Waals surface area contributed by atoms with E-state index in [0.717, 1.165) is 55.9 Å². The second kappa shape index (κ2) is 14.2. The monoisotopic (exact) mass is 652 g/mol. The molecule has 10 nitrogen and oxygen atoms in total. The second-order valence-electron chi connectivity index (χ2n) is 15.4. The lowest BCUT2D eigenvalue weighted by molar-refractivity contribution is -0.134. The number of aliphatic hydroxyl groups is 4. The van der Waals surface area contributed by atoms with E-state index in [4.69, 9.17) is 4.42 Å². The molecule has 7 unspecified atom stereocenters. The molecule has 2 saturated heterocycles. The molecule has 7 atom stereocenters. The van der Waals surface area contributed by atoms with E-state index in [1.807, 2.05) is 35.0 Å². The summed E-state index contributed by atoms with van der Waals surface area (Å²) in [4.78, 5) is 23.1. The number of likely N-dealkylation sites (tertiary alicyclic amines) is 1. The SMILES string of the molecule is CN(CCCN1CN(c2ccccc2)C2(CCN(CCC3CCC4CC3C4(C)C)CC2)C1=O)C(c1ccco1)C(O)C(O)C(O)CO. The number of rotatable bonds is 14. The highest BCUT2D eigenvalue weighted by Crippen LogP contribution is 2.62. The van der Waals surface area contributed by atoms with Gasteiger partial charge in [0.25, 0.3) is 0 Å². The van der Waals surface area contributed by atoms with Crippen LogP contribution < -0.4 is 4.90 Å². The van der Waals surface area contributed by atoms with Crippen molar-refractivity contribution in [1.82, 2.24) is 14.7 Å². The molecule has 1 aromatic heterocycles. The van der Waals surface area contributed by atoms with Crippen LogP contribution in [-0.2, 0) is 4.79 Å². The van der Waals surface area contributed by atoms with Gasteiger partial charge in [-0.1, -0.05) is 32.0 Å². The summed E-state index contributed by atoms with van der Waals surface area (Å²) in [6.07, 6.45) is 4.83. The number of fused-ring (bicyclic) bond motifs is 2. The van der Waals surface area contributed by atoms with E-state index in [9.17, 15) is 25.2 Å². The van der Waals surface area contributed by atoms with E-state index in [2.05, 4.69) is 35.8 Å². The first-order chi connectivity index (χ1) is 22.6. The zero-order valence-electron chi connectivity index (χ0n) is 28.5. The number of para-hydroxylation sites is 1. The summed E-state index contributed by atoms with van der Waals surface area (Å²) in [5.41, 5.74) is 1.05. The van der Waals surface area contributed by atoms with E-state index in [0.29, 0.717) is 37.4 Å². The first kappa shape index (κ1) is 34.4. The van der Waals surface area contributed by atoms with Gasteiger partial charge in [-0.25, -0.2) is 0 Å². The highest BCUT2D eigenvalue weighted by atomic mass is 16.4. The standard InChI is InChI=1S/C37H56N4O6/c1-36(2)27-13-12-26(29(36)23-27)14-19-39-20-15-37(16-21-39)35(46)40(25-41(37)28-9-5-4-6-10-28)18-8-17-38(3)32(31-11-7-22-47-31)34(45)33(44)30(43)24-42/h4-7,9-11,22,26-27,29-30,32-34,42-45H,8,12-21,23-25H2,1-3H3. The molecule has 2 aliphatic heterocycles. The number of piperidine rings is 1. The third-order valence-corrected chi connectivity index (χ3v) is 12.6. The van der Waals surface area contributed by atoms with Crippen molar-refractivity contribution in [3.8, 4) is 0 Å². The van der Waals surface area contributed by atoms with Crippen LogP contribution in [0.2, 0.25) is 0 Å². The van der Waals surface area contributed by atoms with Crippen LogP contribution in [-0.4, -0.2) is 118 Å². The van der Waals surface area contributed by atoms with Crippen LogP contribution in [0.25, 0.3) is 0 Å². The number of carbonyl (C=O) groups excluding carboxylic acids is 1. The Morgan fingerprint density at radius 3 is 2.38 bits per heavy atom. The molecule has 2 aromatic rings. The quantitative estimate of drug-likeness (QED) is 0.243. The first-order valence-corrected chi connectivity index (χ1v) is 17.8. The maximum atomic E-state index is 14.3. The van der Waals surface area contributed by atoms with Crippen molar-refractivity contribution in [2.24, 2.45) is 23.2 Å². The van der Waals surface area contributed by atoms with Crippen molar-refractivity contribution >= 4 is 11.6 Å². The van der Waals surface area contributed by atoms with Gasteiger partial charge in [0.2, 0.25) is 5.91 Å². The number of hydrogen-bond donors (Lipinski definition) is 4. The molecule has 2 bridgehead atoms. The van der Waals surface area contributed by atoms with Crippen molar-refractivity contribution in [3.05, 3.63) is 54.5 Å². The van der Waals surface area contributed by atoms with Crippen molar-refractivity contribution in [2.75, 3.05) is 57.9 Å². The maximum absolute atomic E-state index is 14.3. The Morgan fingerprint density at radius 1 is 1.00 bits per heavy atom. The van der Waals surface area contributed by atoms with Gasteiger partial charge in [-0.2, -0.15) is 0 Å². The van der Waals surface area contributed by atoms with Gasteiger partial charge in [0.05, 0.1) is 25.6 Å². The smallest absolute Gasteiger partial charge is 0.250 e. The molecule has 1 amide bonds. The Labute approximate surface area is 279 Å². The molecule has 1 aromatic carbocycles. The molecule has 10 heteroatoms. The number of hydrogen-bond acceptors (Lipinski definition) is 9. The third kappa shape index (κ3) is 6.62. The third-order valence-electron chi connectivity index (χ3n) is 12.6. The summed E-state index contributed by atoms with van der Waals surface area (Å²) in [5, 5.41) is 40.8. The highest BCUT2D eigenvalue weighted by molar-refractivity contribution is 5.93. The zero-order valence-corrected chi connectivity index (χ0v) is 28.5. The van der Waals surface area contributed by atoms with Gasteiger partial charge in [0, 0.05) is 31.9 Å². The largest absolute Gasteiger partial charge is 0.468 e. The summed E-state index contributed by atoms with van der Waals surface area (Å²) >= 11 is 0. The lowest BCUT2D eigenvalue weighted by atomic mass is 9.45. The van der Waals surface area contributed by atoms with Gasteiger partial charge in [-0.05, 0) is 106 Å². The Hall–Kier alpha value is -2.47. The van der Waals surface area contributed by atoms with Crippen molar-refractivity contribution in [1.29, 1.82) is 0 Å². The Bertz CT molecular complexity index is 1300. The fourth-order valence-electron chi connectivity index (χ4n) is 9.45. The number of amides is 1. The molecule has 1 spiro atoms. The molecule has 3 saturated carbocycles. The van der Waals surface area contributed by atoms with Gasteiger partial charge >= 0.3 is 0 Å². The summed E-state index contributed by atoms with van der Waals surface area (Å²) in [5.74, 6) is 3.30.